The number of anilines is 1. The third-order valence-corrected chi connectivity index (χ3v) is 8.38. The summed E-state index contributed by atoms with van der Waals surface area (Å²) in [6.45, 7) is 6.10. The second kappa shape index (κ2) is 9.20. The Morgan fingerprint density at radius 1 is 1.22 bits per heavy atom. The van der Waals surface area contributed by atoms with Crippen LogP contribution in [0.2, 0.25) is 10.0 Å². The molecule has 0 bridgehead atoms. The summed E-state index contributed by atoms with van der Waals surface area (Å²) < 4.78 is 15.7. The standard InChI is InChI=1S/C27H30Cl2FN3O4/c1-26(2,3)11-19-27(14-8-7-12(28)9-16(14)32-25(27)37)20(13-5-4-6-15(29)21(13)30)22(33-19)24(36)31-17-10-18(34)23(17)35/h4-9,17-20,22-23,33-35H,10-11H2,1-3H3,(H,31,36)(H,32,37)/t17-,18?,19-,20+,22-,23?,27+/m1/s1. The lowest BCUT2D eigenvalue weighted by Gasteiger charge is -2.39. The molecule has 198 valence electrons. The monoisotopic (exact) mass is 549 g/mol. The fourth-order valence-corrected chi connectivity index (χ4v) is 6.53. The fourth-order valence-electron chi connectivity index (χ4n) is 6.18. The maximum atomic E-state index is 15.7. The van der Waals surface area contributed by atoms with Gasteiger partial charge >= 0.3 is 0 Å². The molecule has 37 heavy (non-hydrogen) atoms. The molecule has 2 aromatic carbocycles. The summed E-state index contributed by atoms with van der Waals surface area (Å²) >= 11 is 12.4. The Balaban J connectivity index is 1.70. The first-order valence-electron chi connectivity index (χ1n) is 12.3. The van der Waals surface area contributed by atoms with Crippen LogP contribution in [0.3, 0.4) is 0 Å². The Bertz CT molecular complexity index is 1270. The van der Waals surface area contributed by atoms with Crippen molar-refractivity contribution in [2.45, 2.75) is 75.3 Å². The second-order valence-electron chi connectivity index (χ2n) is 11.5. The highest BCUT2D eigenvalue weighted by atomic mass is 35.5. The lowest BCUT2D eigenvalue weighted by Crippen LogP contribution is -2.61. The summed E-state index contributed by atoms with van der Waals surface area (Å²) in [5, 5.41) is 29.2. The van der Waals surface area contributed by atoms with E-state index in [1.165, 1.54) is 6.07 Å². The highest BCUT2D eigenvalue weighted by Gasteiger charge is 2.66. The molecular formula is C27H30Cl2FN3O4. The number of halogens is 3. The van der Waals surface area contributed by atoms with Crippen LogP contribution in [0.5, 0.6) is 0 Å². The molecular weight excluding hydrogens is 520 g/mol. The van der Waals surface area contributed by atoms with E-state index >= 15 is 4.39 Å². The Morgan fingerprint density at radius 2 is 1.95 bits per heavy atom. The average molecular weight is 550 g/mol. The zero-order valence-corrected chi connectivity index (χ0v) is 22.2. The van der Waals surface area contributed by atoms with Crippen LogP contribution < -0.4 is 16.0 Å². The van der Waals surface area contributed by atoms with E-state index in [1.54, 1.807) is 30.3 Å². The van der Waals surface area contributed by atoms with Gasteiger partial charge < -0.3 is 26.2 Å². The highest BCUT2D eigenvalue weighted by Crippen LogP contribution is 2.57. The van der Waals surface area contributed by atoms with Crippen molar-refractivity contribution in [2.75, 3.05) is 5.32 Å². The van der Waals surface area contributed by atoms with Crippen molar-refractivity contribution < 1.29 is 24.2 Å². The molecule has 0 radical (unpaired) electrons. The SMILES string of the molecule is CC(C)(C)C[C@H]1N[C@@H](C(=O)N[C@@H]2CC(O)C2O)[C@H](c2cccc(Cl)c2F)[C@@]12C(=O)Nc1cc(Cl)ccc12. The van der Waals surface area contributed by atoms with Gasteiger partial charge in [-0.25, -0.2) is 4.39 Å². The number of amides is 2. The topological polar surface area (TPSA) is 111 Å². The zero-order chi connectivity index (χ0) is 26.9. The number of aliphatic hydroxyl groups excluding tert-OH is 2. The van der Waals surface area contributed by atoms with E-state index in [1.807, 2.05) is 20.8 Å². The molecule has 5 rings (SSSR count). The molecule has 2 heterocycles. The Kier molecular flexibility index (Phi) is 6.56. The van der Waals surface area contributed by atoms with Gasteiger partial charge in [-0.15, -0.1) is 0 Å². The Morgan fingerprint density at radius 3 is 2.59 bits per heavy atom. The Labute approximate surface area is 224 Å². The number of hydrogen-bond acceptors (Lipinski definition) is 5. The number of carbonyl (C=O) groups is 2. The van der Waals surface area contributed by atoms with E-state index in [-0.39, 0.29) is 28.3 Å². The van der Waals surface area contributed by atoms with Crippen LogP contribution in [-0.2, 0) is 15.0 Å². The van der Waals surface area contributed by atoms with Crippen LogP contribution in [0.15, 0.2) is 36.4 Å². The van der Waals surface area contributed by atoms with Crippen LogP contribution in [0.1, 0.15) is 50.7 Å². The molecule has 7 nitrogen and oxygen atoms in total. The van der Waals surface area contributed by atoms with E-state index in [0.29, 0.717) is 22.7 Å². The maximum Gasteiger partial charge on any atom is 0.238 e. The highest BCUT2D eigenvalue weighted by molar-refractivity contribution is 6.31. The van der Waals surface area contributed by atoms with Crippen LogP contribution in [0, 0.1) is 11.2 Å². The molecule has 10 heteroatoms. The smallest absolute Gasteiger partial charge is 0.238 e. The minimum absolute atomic E-state index is 0.113. The molecule has 2 amide bonds. The van der Waals surface area contributed by atoms with Crippen molar-refractivity contribution in [3.05, 3.63) is 63.4 Å². The van der Waals surface area contributed by atoms with Gasteiger partial charge in [0.25, 0.3) is 0 Å². The predicted molar refractivity (Wildman–Crippen MR) is 139 cm³/mol. The minimum atomic E-state index is -1.35. The van der Waals surface area contributed by atoms with Gasteiger partial charge in [0.1, 0.15) is 17.3 Å². The molecule has 1 aliphatic carbocycles. The van der Waals surface area contributed by atoms with Crippen molar-refractivity contribution in [3.63, 3.8) is 0 Å². The molecule has 1 saturated heterocycles. The van der Waals surface area contributed by atoms with Crippen molar-refractivity contribution in [2.24, 2.45) is 5.41 Å². The van der Waals surface area contributed by atoms with Crippen LogP contribution in [0.4, 0.5) is 10.1 Å². The maximum absolute atomic E-state index is 15.7. The average Bonchev–Trinajstić information content (AvgIpc) is 3.29. The molecule has 0 aromatic heterocycles. The van der Waals surface area contributed by atoms with E-state index in [4.69, 9.17) is 23.2 Å². The molecule has 3 aliphatic rings. The van der Waals surface area contributed by atoms with Crippen molar-refractivity contribution >= 4 is 40.7 Å². The molecule has 2 aliphatic heterocycles. The van der Waals surface area contributed by atoms with E-state index < -0.39 is 53.4 Å². The number of benzene rings is 2. The van der Waals surface area contributed by atoms with Crippen molar-refractivity contribution in [1.29, 1.82) is 0 Å². The summed E-state index contributed by atoms with van der Waals surface area (Å²) in [7, 11) is 0. The van der Waals surface area contributed by atoms with Gasteiger partial charge in [-0.05, 0) is 47.6 Å². The molecule has 1 saturated carbocycles. The lowest BCUT2D eigenvalue weighted by atomic mass is 9.62. The van der Waals surface area contributed by atoms with E-state index in [9.17, 15) is 19.8 Å². The zero-order valence-electron chi connectivity index (χ0n) is 20.7. The summed E-state index contributed by atoms with van der Waals surface area (Å²) in [5.41, 5.74) is -0.314. The van der Waals surface area contributed by atoms with Gasteiger partial charge in [-0.3, -0.25) is 9.59 Å². The third-order valence-electron chi connectivity index (χ3n) is 7.85. The first-order valence-corrected chi connectivity index (χ1v) is 13.1. The quantitative estimate of drug-likeness (QED) is 0.401. The first-order chi connectivity index (χ1) is 17.3. The number of nitrogens with one attached hydrogen (secondary N) is 3. The van der Waals surface area contributed by atoms with Crippen molar-refractivity contribution in [3.8, 4) is 0 Å². The fraction of sp³-hybridized carbons (Fsp3) is 0.481. The summed E-state index contributed by atoms with van der Waals surface area (Å²) in [6.07, 6.45) is -1.31. The van der Waals surface area contributed by atoms with Gasteiger partial charge in [-0.2, -0.15) is 0 Å². The number of hydrogen-bond donors (Lipinski definition) is 5. The largest absolute Gasteiger partial charge is 0.390 e. The summed E-state index contributed by atoms with van der Waals surface area (Å²) in [4.78, 5) is 27.8. The normalized spacial score (nSPS) is 32.7. The predicted octanol–water partition coefficient (Wildman–Crippen LogP) is 3.49. The minimum Gasteiger partial charge on any atom is -0.390 e. The number of aliphatic hydroxyl groups is 2. The van der Waals surface area contributed by atoms with E-state index in [2.05, 4.69) is 16.0 Å². The third kappa shape index (κ3) is 4.23. The number of rotatable bonds is 4. The Hall–Kier alpha value is -2.23. The van der Waals surface area contributed by atoms with Gasteiger partial charge in [0.2, 0.25) is 11.8 Å². The van der Waals surface area contributed by atoms with Gasteiger partial charge in [-0.1, -0.05) is 62.2 Å². The molecule has 2 unspecified atom stereocenters. The molecule has 2 aromatic rings. The number of fused-ring (bicyclic) bond motifs is 2. The summed E-state index contributed by atoms with van der Waals surface area (Å²) in [5.74, 6) is -2.52. The second-order valence-corrected chi connectivity index (χ2v) is 12.3. The van der Waals surface area contributed by atoms with Gasteiger partial charge in [0.05, 0.1) is 23.2 Å². The number of carbonyl (C=O) groups excluding carboxylic acids is 2. The molecule has 1 spiro atoms. The van der Waals surface area contributed by atoms with Gasteiger partial charge in [0, 0.05) is 22.7 Å². The van der Waals surface area contributed by atoms with Crippen molar-refractivity contribution in [1.82, 2.24) is 10.6 Å². The van der Waals surface area contributed by atoms with Gasteiger partial charge in [0.15, 0.2) is 0 Å². The van der Waals surface area contributed by atoms with Crippen LogP contribution in [-0.4, -0.2) is 52.4 Å². The molecule has 5 N–H and O–H groups in total. The molecule has 7 atom stereocenters. The van der Waals surface area contributed by atoms with E-state index in [0.717, 1.165) is 0 Å². The summed E-state index contributed by atoms with van der Waals surface area (Å²) in [6, 6.07) is 7.45. The molecule has 2 fully saturated rings. The van der Waals surface area contributed by atoms with Crippen LogP contribution >= 0.6 is 23.2 Å². The van der Waals surface area contributed by atoms with Crippen LogP contribution in [0.25, 0.3) is 0 Å². The first kappa shape index (κ1) is 26.4. The lowest BCUT2D eigenvalue weighted by molar-refractivity contribution is -0.131.